The molecule has 1 saturated heterocycles. The third kappa shape index (κ3) is 4.70. The van der Waals surface area contributed by atoms with Crippen LogP contribution in [0.2, 0.25) is 0 Å². The summed E-state index contributed by atoms with van der Waals surface area (Å²) >= 11 is 0. The number of halogens is 3. The van der Waals surface area contributed by atoms with Crippen molar-refractivity contribution in [3.8, 4) is 0 Å². The highest BCUT2D eigenvalue weighted by atomic mass is 19.4. The molecule has 154 valence electrons. The van der Waals surface area contributed by atoms with E-state index in [-0.39, 0.29) is 18.0 Å². The number of rotatable bonds is 5. The molecule has 1 aromatic heterocycles. The minimum absolute atomic E-state index is 0.0137. The smallest absolute Gasteiger partial charge is 0.354 e. The molecule has 0 spiro atoms. The van der Waals surface area contributed by atoms with Crippen molar-refractivity contribution in [3.05, 3.63) is 59.8 Å². The van der Waals surface area contributed by atoms with Gasteiger partial charge in [0.15, 0.2) is 0 Å². The van der Waals surface area contributed by atoms with Crippen molar-refractivity contribution in [3.63, 3.8) is 0 Å². The lowest BCUT2D eigenvalue weighted by Crippen LogP contribution is -2.51. The summed E-state index contributed by atoms with van der Waals surface area (Å²) < 4.78 is 38.2. The van der Waals surface area contributed by atoms with E-state index >= 15 is 0 Å². The first-order valence-corrected chi connectivity index (χ1v) is 9.79. The van der Waals surface area contributed by atoms with Crippen molar-refractivity contribution in [2.75, 3.05) is 31.1 Å². The summed E-state index contributed by atoms with van der Waals surface area (Å²) in [5.41, 5.74) is 0.201. The quantitative estimate of drug-likeness (QED) is 0.831. The van der Waals surface area contributed by atoms with Crippen LogP contribution in [0.5, 0.6) is 0 Å². The number of carbonyl (C=O) groups excluding carboxylic acids is 1. The number of nitrogens with zero attached hydrogens (tertiary/aromatic N) is 3. The number of nitrogens with one attached hydrogen (secondary N) is 1. The standard InChI is InChI=1S/C21H23F3N4O/c22-21(23,24)16-6-9-18(25-14-16)27-10-12-28(13-11-27)19(15-4-2-1-3-5-15)20(29)26-17-7-8-17/h1-6,9,14,17,19H,7-8,10-13H2,(H,26,29). The summed E-state index contributed by atoms with van der Waals surface area (Å²) in [6.07, 6.45) is -1.46. The Balaban J connectivity index is 1.44. The van der Waals surface area contributed by atoms with Crippen molar-refractivity contribution >= 4 is 11.7 Å². The van der Waals surface area contributed by atoms with Gasteiger partial charge in [0.05, 0.1) is 5.56 Å². The van der Waals surface area contributed by atoms with E-state index in [4.69, 9.17) is 0 Å². The number of hydrogen-bond donors (Lipinski definition) is 1. The van der Waals surface area contributed by atoms with Crippen molar-refractivity contribution in [1.82, 2.24) is 15.2 Å². The van der Waals surface area contributed by atoms with E-state index in [0.29, 0.717) is 32.0 Å². The number of benzene rings is 1. The van der Waals surface area contributed by atoms with E-state index in [2.05, 4.69) is 15.2 Å². The van der Waals surface area contributed by atoms with Gasteiger partial charge in [0.25, 0.3) is 0 Å². The van der Waals surface area contributed by atoms with Crippen LogP contribution in [0, 0.1) is 0 Å². The van der Waals surface area contributed by atoms with Gasteiger partial charge in [-0.15, -0.1) is 0 Å². The van der Waals surface area contributed by atoms with E-state index in [1.54, 1.807) is 0 Å². The van der Waals surface area contributed by atoms with Crippen LogP contribution in [0.4, 0.5) is 19.0 Å². The average molecular weight is 404 g/mol. The highest BCUT2D eigenvalue weighted by molar-refractivity contribution is 5.83. The monoisotopic (exact) mass is 404 g/mol. The molecular weight excluding hydrogens is 381 g/mol. The summed E-state index contributed by atoms with van der Waals surface area (Å²) in [7, 11) is 0. The first-order valence-electron chi connectivity index (χ1n) is 9.79. The minimum Gasteiger partial charge on any atom is -0.354 e. The van der Waals surface area contributed by atoms with Gasteiger partial charge in [-0.25, -0.2) is 4.98 Å². The number of amides is 1. The molecule has 5 nitrogen and oxygen atoms in total. The highest BCUT2D eigenvalue weighted by Crippen LogP contribution is 2.30. The summed E-state index contributed by atoms with van der Waals surface area (Å²) in [5, 5.41) is 3.10. The molecule has 29 heavy (non-hydrogen) atoms. The third-order valence-electron chi connectivity index (χ3n) is 5.37. The normalized spacial score (nSPS) is 19.1. The Hall–Kier alpha value is -2.61. The molecule has 1 saturated carbocycles. The fraction of sp³-hybridized carbons (Fsp3) is 0.429. The van der Waals surface area contributed by atoms with E-state index in [0.717, 1.165) is 30.7 Å². The van der Waals surface area contributed by atoms with E-state index < -0.39 is 11.7 Å². The Morgan fingerprint density at radius 3 is 2.28 bits per heavy atom. The molecule has 1 aliphatic carbocycles. The van der Waals surface area contributed by atoms with Crippen molar-refractivity contribution in [1.29, 1.82) is 0 Å². The van der Waals surface area contributed by atoms with Crippen LogP contribution in [0.3, 0.4) is 0 Å². The minimum atomic E-state index is -4.39. The van der Waals surface area contributed by atoms with Crippen molar-refractivity contribution < 1.29 is 18.0 Å². The predicted molar refractivity (Wildman–Crippen MR) is 103 cm³/mol. The number of hydrogen-bond acceptors (Lipinski definition) is 4. The lowest BCUT2D eigenvalue weighted by molar-refractivity contribution is -0.137. The van der Waals surface area contributed by atoms with Gasteiger partial charge in [0.2, 0.25) is 5.91 Å². The van der Waals surface area contributed by atoms with Gasteiger partial charge in [-0.3, -0.25) is 9.69 Å². The summed E-state index contributed by atoms with van der Waals surface area (Å²) in [5.74, 6) is 0.538. The number of anilines is 1. The molecule has 1 unspecified atom stereocenters. The molecule has 2 aromatic rings. The Morgan fingerprint density at radius 2 is 1.72 bits per heavy atom. The topological polar surface area (TPSA) is 48.5 Å². The van der Waals surface area contributed by atoms with Crippen LogP contribution in [-0.4, -0.2) is 48.0 Å². The van der Waals surface area contributed by atoms with E-state index in [9.17, 15) is 18.0 Å². The Morgan fingerprint density at radius 1 is 1.03 bits per heavy atom. The second-order valence-electron chi connectivity index (χ2n) is 7.52. The summed E-state index contributed by atoms with van der Waals surface area (Å²) in [6, 6.07) is 12.1. The van der Waals surface area contributed by atoms with Crippen molar-refractivity contribution in [2.45, 2.75) is 31.1 Å². The Bertz CT molecular complexity index is 829. The van der Waals surface area contributed by atoms with Gasteiger partial charge in [-0.1, -0.05) is 30.3 Å². The second kappa shape index (κ2) is 8.02. The van der Waals surface area contributed by atoms with Crippen LogP contribution in [0.25, 0.3) is 0 Å². The van der Waals surface area contributed by atoms with Gasteiger partial charge < -0.3 is 10.2 Å². The van der Waals surface area contributed by atoms with Crippen LogP contribution >= 0.6 is 0 Å². The van der Waals surface area contributed by atoms with Crippen LogP contribution < -0.4 is 10.2 Å². The molecule has 2 aliphatic rings. The highest BCUT2D eigenvalue weighted by Gasteiger charge is 2.34. The maximum absolute atomic E-state index is 12.9. The summed E-state index contributed by atoms with van der Waals surface area (Å²) in [4.78, 5) is 21.0. The first-order chi connectivity index (χ1) is 13.9. The zero-order valence-corrected chi connectivity index (χ0v) is 15.9. The molecule has 1 atom stereocenters. The lowest BCUT2D eigenvalue weighted by Gasteiger charge is -2.39. The molecule has 2 heterocycles. The lowest BCUT2D eigenvalue weighted by atomic mass is 10.0. The molecular formula is C21H23F3N4O. The summed E-state index contributed by atoms with van der Waals surface area (Å²) in [6.45, 7) is 2.44. The Labute approximate surface area is 167 Å². The number of alkyl halides is 3. The molecule has 1 aliphatic heterocycles. The van der Waals surface area contributed by atoms with Gasteiger partial charge in [-0.05, 0) is 30.5 Å². The average Bonchev–Trinajstić information content (AvgIpc) is 3.53. The number of aromatic nitrogens is 1. The first kappa shape index (κ1) is 19.7. The van der Waals surface area contributed by atoms with Crippen LogP contribution in [-0.2, 0) is 11.0 Å². The van der Waals surface area contributed by atoms with E-state index in [1.807, 2.05) is 35.2 Å². The third-order valence-corrected chi connectivity index (χ3v) is 5.37. The number of piperazine rings is 1. The maximum atomic E-state index is 12.9. The van der Waals surface area contributed by atoms with E-state index in [1.165, 1.54) is 6.07 Å². The van der Waals surface area contributed by atoms with Gasteiger partial charge >= 0.3 is 6.18 Å². The zero-order chi connectivity index (χ0) is 20.4. The van der Waals surface area contributed by atoms with Crippen molar-refractivity contribution in [2.24, 2.45) is 0 Å². The molecule has 4 rings (SSSR count). The van der Waals surface area contributed by atoms with Gasteiger partial charge in [0.1, 0.15) is 11.9 Å². The molecule has 1 amide bonds. The second-order valence-corrected chi connectivity index (χ2v) is 7.52. The predicted octanol–water partition coefficient (Wildman–Crippen LogP) is 3.24. The fourth-order valence-electron chi connectivity index (χ4n) is 3.62. The molecule has 2 fully saturated rings. The SMILES string of the molecule is O=C(NC1CC1)C(c1ccccc1)N1CCN(c2ccc(C(F)(F)F)cn2)CC1. The van der Waals surface area contributed by atoms with Crippen LogP contribution in [0.1, 0.15) is 30.0 Å². The number of pyridine rings is 1. The molecule has 1 N–H and O–H groups in total. The Kier molecular flexibility index (Phi) is 5.45. The molecule has 1 aromatic carbocycles. The van der Waals surface area contributed by atoms with Crippen LogP contribution in [0.15, 0.2) is 48.7 Å². The molecule has 8 heteroatoms. The zero-order valence-electron chi connectivity index (χ0n) is 15.9. The maximum Gasteiger partial charge on any atom is 0.417 e. The van der Waals surface area contributed by atoms with Gasteiger partial charge in [-0.2, -0.15) is 13.2 Å². The molecule has 0 radical (unpaired) electrons. The van der Waals surface area contributed by atoms with Gasteiger partial charge in [0, 0.05) is 38.4 Å². The largest absolute Gasteiger partial charge is 0.417 e. The fourth-order valence-corrected chi connectivity index (χ4v) is 3.62. The number of carbonyl (C=O) groups is 1. The molecule has 0 bridgehead atoms.